The summed E-state index contributed by atoms with van der Waals surface area (Å²) in [4.78, 5) is 14.6. The predicted molar refractivity (Wildman–Crippen MR) is 139 cm³/mol. The number of piperazine rings is 1. The third-order valence-corrected chi connectivity index (χ3v) is 8.54. The molecule has 5 rings (SSSR count). The van der Waals surface area contributed by atoms with E-state index < -0.39 is 21.8 Å². The van der Waals surface area contributed by atoms with Gasteiger partial charge in [-0.3, -0.25) is 4.90 Å². The van der Waals surface area contributed by atoms with Gasteiger partial charge in [0.1, 0.15) is 24.1 Å². The monoisotopic (exact) mass is 560 g/mol. The fraction of sp³-hybridized carbons (Fsp3) is 0.346. The lowest BCUT2D eigenvalue weighted by Crippen LogP contribution is -2.50. The molecule has 0 amide bonds. The first kappa shape index (κ1) is 27.0. The molecule has 0 radical (unpaired) electrons. The number of sulfonamides is 1. The first-order valence-corrected chi connectivity index (χ1v) is 13.8. The first-order valence-electron chi connectivity index (χ1n) is 12.3. The lowest BCUT2D eigenvalue weighted by Gasteiger charge is -2.35. The summed E-state index contributed by atoms with van der Waals surface area (Å²) < 4.78 is 73.3. The highest BCUT2D eigenvalue weighted by atomic mass is 32.2. The minimum Gasteiger partial charge on any atom is -0.449 e. The number of hydrogen-bond acceptors (Lipinski definition) is 8. The van der Waals surface area contributed by atoms with Crippen molar-refractivity contribution in [3.63, 3.8) is 0 Å². The van der Waals surface area contributed by atoms with Crippen LogP contribution in [-0.2, 0) is 16.2 Å². The van der Waals surface area contributed by atoms with E-state index in [0.717, 1.165) is 18.0 Å². The second kappa shape index (κ2) is 10.5. The Hall–Kier alpha value is -3.55. The minimum absolute atomic E-state index is 0.155. The van der Waals surface area contributed by atoms with Crippen LogP contribution in [0, 0.1) is 6.92 Å². The van der Waals surface area contributed by atoms with E-state index in [1.807, 2.05) is 6.92 Å². The van der Waals surface area contributed by atoms with Gasteiger partial charge in [0.2, 0.25) is 10.0 Å². The number of benzene rings is 2. The van der Waals surface area contributed by atoms with Crippen LogP contribution in [0.3, 0.4) is 0 Å². The largest absolute Gasteiger partial charge is 0.449 e. The number of rotatable bonds is 7. The standard InChI is InChI=1S/C26H27F3N6O3S/c1-17(32-25-21-4-3-5-22(26(27,28)29)24(21)30-16-31-25)14-34-10-12-35(13-11-34)39(36,37)20-8-6-19(7-9-20)23-15-38-18(2)33-23/h3-9,15-17H,10-14H2,1-2H3,(H,30,31,32)/t17-/m0/s1. The van der Waals surface area contributed by atoms with Crippen molar-refractivity contribution in [2.45, 2.75) is 31.0 Å². The van der Waals surface area contributed by atoms with Gasteiger partial charge in [-0.2, -0.15) is 17.5 Å². The summed E-state index contributed by atoms with van der Waals surface area (Å²) in [7, 11) is -3.66. The molecule has 0 spiro atoms. The van der Waals surface area contributed by atoms with Crippen LogP contribution in [0.2, 0.25) is 0 Å². The van der Waals surface area contributed by atoms with Crippen LogP contribution in [0.15, 0.2) is 64.4 Å². The first-order chi connectivity index (χ1) is 18.5. The number of nitrogens with zero attached hydrogens (tertiary/aromatic N) is 5. The number of halogens is 3. The highest BCUT2D eigenvalue weighted by Gasteiger charge is 2.34. The number of aryl methyl sites for hydroxylation is 1. The molecular weight excluding hydrogens is 533 g/mol. The summed E-state index contributed by atoms with van der Waals surface area (Å²) in [6.07, 6.45) is -1.87. The number of aromatic nitrogens is 3. The van der Waals surface area contributed by atoms with E-state index in [1.165, 1.54) is 16.6 Å². The molecule has 0 saturated carbocycles. The van der Waals surface area contributed by atoms with Crippen molar-refractivity contribution in [2.24, 2.45) is 0 Å². The van der Waals surface area contributed by atoms with Gasteiger partial charge in [-0.05, 0) is 31.2 Å². The number of anilines is 1. The highest BCUT2D eigenvalue weighted by Crippen LogP contribution is 2.35. The summed E-state index contributed by atoms with van der Waals surface area (Å²) in [5, 5.41) is 3.49. The van der Waals surface area contributed by atoms with Crippen LogP contribution >= 0.6 is 0 Å². The van der Waals surface area contributed by atoms with E-state index in [0.29, 0.717) is 55.5 Å². The molecule has 1 aliphatic rings. The summed E-state index contributed by atoms with van der Waals surface area (Å²) in [6.45, 7) is 5.89. The van der Waals surface area contributed by atoms with Crippen LogP contribution in [-0.4, -0.2) is 71.3 Å². The molecular formula is C26H27F3N6O3S. The number of fused-ring (bicyclic) bond motifs is 1. The lowest BCUT2D eigenvalue weighted by atomic mass is 10.1. The predicted octanol–water partition coefficient (Wildman–Crippen LogP) is 4.42. The fourth-order valence-electron chi connectivity index (χ4n) is 4.69. The van der Waals surface area contributed by atoms with Gasteiger partial charge in [0, 0.05) is 56.6 Å². The molecule has 1 saturated heterocycles. The molecule has 3 heterocycles. The smallest absolute Gasteiger partial charge is 0.418 e. The zero-order valence-electron chi connectivity index (χ0n) is 21.3. The van der Waals surface area contributed by atoms with Gasteiger partial charge >= 0.3 is 6.18 Å². The third-order valence-electron chi connectivity index (χ3n) is 6.62. The molecule has 1 fully saturated rings. The Kier molecular flexibility index (Phi) is 7.31. The Balaban J connectivity index is 1.20. The SMILES string of the molecule is Cc1nc(-c2ccc(S(=O)(=O)N3CCN(C[C@H](C)Nc4ncnc5c(C(F)(F)F)cccc45)CC3)cc2)co1. The minimum atomic E-state index is -4.52. The number of para-hydroxylation sites is 1. The molecule has 0 bridgehead atoms. The van der Waals surface area contributed by atoms with Crippen molar-refractivity contribution in [3.8, 4) is 11.3 Å². The molecule has 2 aromatic carbocycles. The molecule has 1 atom stereocenters. The van der Waals surface area contributed by atoms with Gasteiger partial charge in [-0.25, -0.2) is 23.4 Å². The van der Waals surface area contributed by atoms with Crippen molar-refractivity contribution in [2.75, 3.05) is 38.0 Å². The van der Waals surface area contributed by atoms with Crippen LogP contribution < -0.4 is 5.32 Å². The van der Waals surface area contributed by atoms with Crippen molar-refractivity contribution in [1.82, 2.24) is 24.2 Å². The highest BCUT2D eigenvalue weighted by molar-refractivity contribution is 7.89. The van der Waals surface area contributed by atoms with E-state index in [4.69, 9.17) is 4.42 Å². The van der Waals surface area contributed by atoms with Gasteiger partial charge in [-0.1, -0.05) is 18.2 Å². The Bertz CT molecular complexity index is 1570. The van der Waals surface area contributed by atoms with Crippen LogP contribution in [0.25, 0.3) is 22.2 Å². The molecule has 13 heteroatoms. The van der Waals surface area contributed by atoms with E-state index in [9.17, 15) is 21.6 Å². The summed E-state index contributed by atoms with van der Waals surface area (Å²) in [6, 6.07) is 10.3. The van der Waals surface area contributed by atoms with Crippen LogP contribution in [0.5, 0.6) is 0 Å². The average molecular weight is 561 g/mol. The fourth-order valence-corrected chi connectivity index (χ4v) is 6.12. The Morgan fingerprint density at radius 3 is 2.41 bits per heavy atom. The molecule has 2 aromatic heterocycles. The Morgan fingerprint density at radius 2 is 1.77 bits per heavy atom. The number of oxazole rings is 1. The number of nitrogens with one attached hydrogen (secondary N) is 1. The van der Waals surface area contributed by atoms with E-state index >= 15 is 0 Å². The van der Waals surface area contributed by atoms with Crippen molar-refractivity contribution >= 4 is 26.7 Å². The zero-order chi connectivity index (χ0) is 27.8. The maximum absolute atomic E-state index is 13.4. The lowest BCUT2D eigenvalue weighted by molar-refractivity contribution is -0.136. The normalized spacial score (nSPS) is 16.4. The number of alkyl halides is 3. The van der Waals surface area contributed by atoms with Gasteiger partial charge in [0.05, 0.1) is 16.0 Å². The maximum atomic E-state index is 13.4. The van der Waals surface area contributed by atoms with Crippen molar-refractivity contribution in [3.05, 3.63) is 66.5 Å². The quantitative estimate of drug-likeness (QED) is 0.354. The molecule has 9 nitrogen and oxygen atoms in total. The number of hydrogen-bond donors (Lipinski definition) is 1. The second-order valence-corrected chi connectivity index (χ2v) is 11.4. The van der Waals surface area contributed by atoms with Gasteiger partial charge in [0.25, 0.3) is 0 Å². The van der Waals surface area contributed by atoms with Gasteiger partial charge in [-0.15, -0.1) is 0 Å². The second-order valence-electron chi connectivity index (χ2n) is 9.45. The zero-order valence-corrected chi connectivity index (χ0v) is 22.1. The van der Waals surface area contributed by atoms with Gasteiger partial charge < -0.3 is 9.73 Å². The van der Waals surface area contributed by atoms with E-state index in [1.54, 1.807) is 37.3 Å². The third kappa shape index (κ3) is 5.75. The topological polar surface area (TPSA) is 104 Å². The Labute approximate surface area is 223 Å². The average Bonchev–Trinajstić information content (AvgIpc) is 3.34. The van der Waals surface area contributed by atoms with Crippen molar-refractivity contribution < 1.29 is 26.0 Å². The van der Waals surface area contributed by atoms with Gasteiger partial charge in [0.15, 0.2) is 5.89 Å². The molecule has 1 N–H and O–H groups in total. The van der Waals surface area contributed by atoms with Crippen LogP contribution in [0.1, 0.15) is 18.4 Å². The Morgan fingerprint density at radius 1 is 1.05 bits per heavy atom. The van der Waals surface area contributed by atoms with Crippen LogP contribution in [0.4, 0.5) is 19.0 Å². The molecule has 206 valence electrons. The summed E-state index contributed by atoms with van der Waals surface area (Å²) in [5.74, 6) is 0.856. The van der Waals surface area contributed by atoms with E-state index in [-0.39, 0.29) is 16.5 Å². The maximum Gasteiger partial charge on any atom is 0.418 e. The molecule has 0 aliphatic carbocycles. The summed E-state index contributed by atoms with van der Waals surface area (Å²) >= 11 is 0. The van der Waals surface area contributed by atoms with Crippen molar-refractivity contribution in [1.29, 1.82) is 0 Å². The molecule has 1 aliphatic heterocycles. The molecule has 0 unspecified atom stereocenters. The molecule has 4 aromatic rings. The summed E-state index contributed by atoms with van der Waals surface area (Å²) in [5.41, 5.74) is 0.447. The van der Waals surface area contributed by atoms with E-state index in [2.05, 4.69) is 25.2 Å². The molecule has 39 heavy (non-hydrogen) atoms.